The van der Waals surface area contributed by atoms with Crippen LogP contribution in [0, 0.1) is 5.82 Å². The predicted octanol–water partition coefficient (Wildman–Crippen LogP) is 2.52. The van der Waals surface area contributed by atoms with Gasteiger partial charge in [-0.05, 0) is 43.9 Å². The Labute approximate surface area is 111 Å². The molecule has 0 spiro atoms. The molecule has 0 aromatic heterocycles. The summed E-state index contributed by atoms with van der Waals surface area (Å²) >= 11 is 0. The van der Waals surface area contributed by atoms with Gasteiger partial charge < -0.3 is 15.2 Å². The molecule has 0 saturated carbocycles. The number of carbonyl (C=O) groups is 1. The van der Waals surface area contributed by atoms with Crippen LogP contribution in [0.4, 0.5) is 10.1 Å². The van der Waals surface area contributed by atoms with Gasteiger partial charge in [0.05, 0.1) is 18.3 Å². The van der Waals surface area contributed by atoms with E-state index < -0.39 is 11.8 Å². The van der Waals surface area contributed by atoms with Crippen molar-refractivity contribution in [1.29, 1.82) is 0 Å². The van der Waals surface area contributed by atoms with Crippen molar-refractivity contribution in [3.05, 3.63) is 29.6 Å². The van der Waals surface area contributed by atoms with E-state index in [1.165, 1.54) is 12.1 Å². The lowest BCUT2D eigenvalue weighted by molar-refractivity contribution is 0.0462. The summed E-state index contributed by atoms with van der Waals surface area (Å²) in [4.78, 5) is 11.7. The lowest BCUT2D eigenvalue weighted by Gasteiger charge is -2.10. The molecule has 1 atom stereocenters. The zero-order chi connectivity index (χ0) is 13.7. The number of nitrogens with two attached hydrogens (primary N) is 1. The summed E-state index contributed by atoms with van der Waals surface area (Å²) in [6.07, 6.45) is 4.15. The third kappa shape index (κ3) is 3.92. The van der Waals surface area contributed by atoms with Gasteiger partial charge in [-0.3, -0.25) is 0 Å². The fourth-order valence-corrected chi connectivity index (χ4v) is 2.15. The third-order valence-electron chi connectivity index (χ3n) is 3.16. The first-order chi connectivity index (χ1) is 9.16. The van der Waals surface area contributed by atoms with Crippen molar-refractivity contribution in [2.45, 2.75) is 31.8 Å². The minimum atomic E-state index is -0.509. The van der Waals surface area contributed by atoms with E-state index in [4.69, 9.17) is 15.2 Å². The molecule has 19 heavy (non-hydrogen) atoms. The Bertz CT molecular complexity index is 444. The highest BCUT2D eigenvalue weighted by Gasteiger charge is 2.16. The zero-order valence-electron chi connectivity index (χ0n) is 10.7. The van der Waals surface area contributed by atoms with Gasteiger partial charge in [0.1, 0.15) is 5.82 Å². The van der Waals surface area contributed by atoms with Crippen LogP contribution in [-0.4, -0.2) is 25.3 Å². The first-order valence-corrected chi connectivity index (χ1v) is 6.50. The first-order valence-electron chi connectivity index (χ1n) is 6.50. The number of rotatable bonds is 5. The Balaban J connectivity index is 1.74. The van der Waals surface area contributed by atoms with Crippen molar-refractivity contribution in [2.24, 2.45) is 0 Å². The van der Waals surface area contributed by atoms with Crippen molar-refractivity contribution in [2.75, 3.05) is 18.9 Å². The Morgan fingerprint density at radius 3 is 3.05 bits per heavy atom. The summed E-state index contributed by atoms with van der Waals surface area (Å²) in [6, 6.07) is 3.65. The topological polar surface area (TPSA) is 61.6 Å². The molecule has 1 saturated heterocycles. The molecule has 1 aromatic carbocycles. The number of nitrogen functional groups attached to an aromatic ring is 1. The largest absolute Gasteiger partial charge is 0.462 e. The number of anilines is 1. The van der Waals surface area contributed by atoms with Gasteiger partial charge in [0.2, 0.25) is 0 Å². The lowest BCUT2D eigenvalue weighted by atomic mass is 10.1. The molecule has 2 rings (SSSR count). The van der Waals surface area contributed by atoms with E-state index in [9.17, 15) is 9.18 Å². The molecule has 2 N–H and O–H groups in total. The smallest absolute Gasteiger partial charge is 0.340 e. The molecule has 4 nitrogen and oxygen atoms in total. The average Bonchev–Trinajstić information content (AvgIpc) is 2.87. The number of benzene rings is 1. The molecular formula is C14H18FNO3. The van der Waals surface area contributed by atoms with E-state index >= 15 is 0 Å². The van der Waals surface area contributed by atoms with E-state index in [1.807, 2.05) is 0 Å². The molecule has 1 aliphatic heterocycles. The minimum Gasteiger partial charge on any atom is -0.462 e. The lowest BCUT2D eigenvalue weighted by Crippen LogP contribution is -2.11. The fraction of sp³-hybridized carbons (Fsp3) is 0.500. The maximum absolute atomic E-state index is 12.8. The van der Waals surface area contributed by atoms with Gasteiger partial charge in [-0.15, -0.1) is 0 Å². The SMILES string of the molecule is Nc1cc(F)ccc1C(=O)OCCCC1CCCO1. The average molecular weight is 267 g/mol. The van der Waals surface area contributed by atoms with Crippen molar-refractivity contribution in [3.8, 4) is 0 Å². The zero-order valence-corrected chi connectivity index (χ0v) is 10.7. The standard InChI is InChI=1S/C14H18FNO3/c15-10-5-6-12(13(16)9-10)14(17)19-8-2-4-11-3-1-7-18-11/h5-6,9,11H,1-4,7-8,16H2. The van der Waals surface area contributed by atoms with Crippen LogP contribution in [0.25, 0.3) is 0 Å². The van der Waals surface area contributed by atoms with Gasteiger partial charge in [-0.1, -0.05) is 0 Å². The second kappa shape index (κ2) is 6.52. The molecule has 0 radical (unpaired) electrons. The summed E-state index contributed by atoms with van der Waals surface area (Å²) < 4.78 is 23.4. The van der Waals surface area contributed by atoms with Crippen LogP contribution in [0.2, 0.25) is 0 Å². The van der Waals surface area contributed by atoms with Crippen LogP contribution in [0.3, 0.4) is 0 Å². The molecule has 104 valence electrons. The van der Waals surface area contributed by atoms with E-state index in [0.717, 1.165) is 38.4 Å². The fourth-order valence-electron chi connectivity index (χ4n) is 2.15. The highest BCUT2D eigenvalue weighted by Crippen LogP contribution is 2.18. The van der Waals surface area contributed by atoms with Crippen LogP contribution >= 0.6 is 0 Å². The molecule has 1 aliphatic rings. The van der Waals surface area contributed by atoms with Crippen LogP contribution in [0.1, 0.15) is 36.0 Å². The van der Waals surface area contributed by atoms with Crippen molar-refractivity contribution in [1.82, 2.24) is 0 Å². The van der Waals surface area contributed by atoms with Crippen molar-refractivity contribution < 1.29 is 18.7 Å². The molecule has 1 unspecified atom stereocenters. The van der Waals surface area contributed by atoms with Crippen LogP contribution in [0.5, 0.6) is 0 Å². The number of halogens is 1. The molecule has 0 amide bonds. The van der Waals surface area contributed by atoms with E-state index in [1.54, 1.807) is 0 Å². The second-order valence-electron chi connectivity index (χ2n) is 4.64. The van der Waals surface area contributed by atoms with E-state index in [0.29, 0.717) is 12.7 Å². The first kappa shape index (κ1) is 13.8. The van der Waals surface area contributed by atoms with Crippen LogP contribution in [-0.2, 0) is 9.47 Å². The second-order valence-corrected chi connectivity index (χ2v) is 4.64. The molecule has 0 aliphatic carbocycles. The van der Waals surface area contributed by atoms with Gasteiger partial charge in [-0.2, -0.15) is 0 Å². The number of esters is 1. The van der Waals surface area contributed by atoms with Gasteiger partial charge in [0, 0.05) is 12.3 Å². The molecular weight excluding hydrogens is 249 g/mol. The monoisotopic (exact) mass is 267 g/mol. The molecule has 1 aromatic rings. The number of ether oxygens (including phenoxy) is 2. The van der Waals surface area contributed by atoms with Gasteiger partial charge in [0.15, 0.2) is 0 Å². The Kier molecular flexibility index (Phi) is 4.74. The van der Waals surface area contributed by atoms with Crippen LogP contribution in [0.15, 0.2) is 18.2 Å². The minimum absolute atomic E-state index is 0.101. The van der Waals surface area contributed by atoms with Crippen molar-refractivity contribution in [3.63, 3.8) is 0 Å². The number of carbonyl (C=O) groups excluding carboxylic acids is 1. The highest BCUT2D eigenvalue weighted by atomic mass is 19.1. The maximum atomic E-state index is 12.8. The van der Waals surface area contributed by atoms with E-state index in [2.05, 4.69) is 0 Å². The summed E-state index contributed by atoms with van der Waals surface area (Å²) in [7, 11) is 0. The third-order valence-corrected chi connectivity index (χ3v) is 3.16. The van der Waals surface area contributed by atoms with Gasteiger partial charge in [0.25, 0.3) is 0 Å². The van der Waals surface area contributed by atoms with Crippen molar-refractivity contribution >= 4 is 11.7 Å². The Morgan fingerprint density at radius 1 is 1.53 bits per heavy atom. The number of hydrogen-bond acceptors (Lipinski definition) is 4. The molecule has 1 fully saturated rings. The summed E-state index contributed by atoms with van der Waals surface area (Å²) in [5, 5.41) is 0. The maximum Gasteiger partial charge on any atom is 0.340 e. The molecule has 1 heterocycles. The highest BCUT2D eigenvalue weighted by molar-refractivity contribution is 5.94. The molecule has 0 bridgehead atoms. The number of hydrogen-bond donors (Lipinski definition) is 1. The summed E-state index contributed by atoms with van der Waals surface area (Å²) in [6.45, 7) is 1.16. The van der Waals surface area contributed by atoms with E-state index in [-0.39, 0.29) is 11.3 Å². The molecule has 5 heteroatoms. The Morgan fingerprint density at radius 2 is 2.37 bits per heavy atom. The van der Waals surface area contributed by atoms with Crippen LogP contribution < -0.4 is 5.73 Å². The normalized spacial score (nSPS) is 18.5. The summed E-state index contributed by atoms with van der Waals surface area (Å²) in [5.41, 5.74) is 5.87. The predicted molar refractivity (Wildman–Crippen MR) is 69.3 cm³/mol. The van der Waals surface area contributed by atoms with Gasteiger partial charge in [-0.25, -0.2) is 9.18 Å². The van der Waals surface area contributed by atoms with Gasteiger partial charge >= 0.3 is 5.97 Å². The Hall–Kier alpha value is -1.62. The summed E-state index contributed by atoms with van der Waals surface area (Å²) in [5.74, 6) is -0.975. The quantitative estimate of drug-likeness (QED) is 0.506.